The molecule has 3 heterocycles. The zero-order chi connectivity index (χ0) is 18.1. The minimum Gasteiger partial charge on any atom is -0.348 e. The Labute approximate surface area is 152 Å². The van der Waals surface area contributed by atoms with Crippen LogP contribution in [0.15, 0.2) is 48.8 Å². The molecule has 2 aromatic heterocycles. The van der Waals surface area contributed by atoms with Crippen molar-refractivity contribution in [3.63, 3.8) is 0 Å². The average molecular weight is 347 g/mol. The largest absolute Gasteiger partial charge is 0.348 e. The van der Waals surface area contributed by atoms with Crippen LogP contribution in [-0.2, 0) is 6.42 Å². The van der Waals surface area contributed by atoms with Gasteiger partial charge >= 0.3 is 6.03 Å². The summed E-state index contributed by atoms with van der Waals surface area (Å²) < 4.78 is 0. The Kier molecular flexibility index (Phi) is 4.16. The second-order valence-corrected chi connectivity index (χ2v) is 6.62. The highest BCUT2D eigenvalue weighted by atomic mass is 16.2. The first-order chi connectivity index (χ1) is 12.6. The van der Waals surface area contributed by atoms with Crippen LogP contribution in [0.3, 0.4) is 0 Å². The number of aromatic nitrogens is 3. The molecule has 26 heavy (non-hydrogen) atoms. The summed E-state index contributed by atoms with van der Waals surface area (Å²) in [5.74, 6) is 0.576. The van der Waals surface area contributed by atoms with Crippen molar-refractivity contribution in [2.24, 2.45) is 0 Å². The van der Waals surface area contributed by atoms with Gasteiger partial charge in [-0.2, -0.15) is 0 Å². The van der Waals surface area contributed by atoms with Gasteiger partial charge in [0.2, 0.25) is 0 Å². The van der Waals surface area contributed by atoms with E-state index in [4.69, 9.17) is 0 Å². The summed E-state index contributed by atoms with van der Waals surface area (Å²) in [6, 6.07) is 13.5. The third-order valence-electron chi connectivity index (χ3n) is 4.63. The van der Waals surface area contributed by atoms with Gasteiger partial charge in [-0.25, -0.2) is 14.8 Å². The van der Waals surface area contributed by atoms with E-state index in [9.17, 15) is 4.79 Å². The Hall–Kier alpha value is -3.15. The number of hydrogen-bond acceptors (Lipinski definition) is 3. The highest BCUT2D eigenvalue weighted by molar-refractivity contribution is 5.89. The number of amides is 2. The minimum absolute atomic E-state index is 0.162. The molecule has 1 aromatic carbocycles. The van der Waals surface area contributed by atoms with Crippen LogP contribution in [0, 0.1) is 13.8 Å². The molecule has 0 radical (unpaired) electrons. The van der Waals surface area contributed by atoms with E-state index in [1.807, 2.05) is 61.2 Å². The summed E-state index contributed by atoms with van der Waals surface area (Å²) in [7, 11) is 0. The lowest BCUT2D eigenvalue weighted by Crippen LogP contribution is -2.43. The van der Waals surface area contributed by atoms with E-state index >= 15 is 0 Å². The number of fused-ring (bicyclic) bond motifs is 1. The van der Waals surface area contributed by atoms with E-state index in [1.165, 1.54) is 0 Å². The van der Waals surface area contributed by atoms with Gasteiger partial charge in [-0.1, -0.05) is 30.3 Å². The van der Waals surface area contributed by atoms with Crippen molar-refractivity contribution in [2.75, 3.05) is 11.9 Å². The fraction of sp³-hybridized carbons (Fsp3) is 0.250. The van der Waals surface area contributed by atoms with Crippen LogP contribution >= 0.6 is 0 Å². The molecule has 1 aliphatic rings. The van der Waals surface area contributed by atoms with Crippen molar-refractivity contribution in [1.29, 1.82) is 0 Å². The monoisotopic (exact) mass is 347 g/mol. The first-order valence-electron chi connectivity index (χ1n) is 8.72. The molecule has 2 N–H and O–H groups in total. The quantitative estimate of drug-likeness (QED) is 0.744. The molecule has 1 aliphatic heterocycles. The van der Waals surface area contributed by atoms with Crippen LogP contribution in [0.2, 0.25) is 0 Å². The third kappa shape index (κ3) is 3.06. The van der Waals surface area contributed by atoms with Gasteiger partial charge in [-0.15, -0.1) is 0 Å². The Morgan fingerprint density at radius 2 is 2.04 bits per heavy atom. The lowest BCUT2D eigenvalue weighted by Gasteiger charge is -2.35. The lowest BCUT2D eigenvalue weighted by atomic mass is 9.96. The molecule has 0 saturated carbocycles. The number of aryl methyl sites for hydroxylation is 2. The summed E-state index contributed by atoms with van der Waals surface area (Å²) in [6.07, 6.45) is 2.46. The van der Waals surface area contributed by atoms with Gasteiger partial charge in [-0.05, 0) is 37.1 Å². The standard InChI is InChI=1S/C20H21N5O/c1-13-10-14(2)23-17(11-13)24-20(26)25-9-8-16-18(22-12-21-16)19(25)15-6-4-3-5-7-15/h3-7,10-12,19H,8-9H2,1-2H3,(H,21,22)(H,23,24,26). The highest BCUT2D eigenvalue weighted by Crippen LogP contribution is 2.33. The predicted molar refractivity (Wildman–Crippen MR) is 100 cm³/mol. The molecule has 2 amide bonds. The zero-order valence-corrected chi connectivity index (χ0v) is 14.9. The number of carbonyl (C=O) groups excluding carboxylic acids is 1. The molecule has 132 valence electrons. The van der Waals surface area contributed by atoms with Crippen LogP contribution in [-0.4, -0.2) is 32.4 Å². The number of nitrogens with one attached hydrogen (secondary N) is 2. The number of H-pyrrole nitrogens is 1. The first-order valence-corrected chi connectivity index (χ1v) is 8.72. The van der Waals surface area contributed by atoms with Crippen LogP contribution in [0.4, 0.5) is 10.6 Å². The number of benzene rings is 1. The molecule has 0 fully saturated rings. The van der Waals surface area contributed by atoms with Crippen molar-refractivity contribution in [3.8, 4) is 0 Å². The summed E-state index contributed by atoms with van der Waals surface area (Å²) in [6.45, 7) is 4.53. The lowest BCUT2D eigenvalue weighted by molar-refractivity contribution is 0.192. The van der Waals surface area contributed by atoms with E-state index < -0.39 is 0 Å². The Bertz CT molecular complexity index is 914. The number of pyridine rings is 1. The number of hydrogen-bond donors (Lipinski definition) is 2. The molecule has 1 unspecified atom stereocenters. The van der Waals surface area contributed by atoms with Crippen LogP contribution < -0.4 is 5.32 Å². The van der Waals surface area contributed by atoms with Crippen molar-refractivity contribution < 1.29 is 4.79 Å². The SMILES string of the molecule is Cc1cc(C)nc(NC(=O)N2CCc3[nH]cnc3C2c2ccccc2)c1. The topological polar surface area (TPSA) is 73.9 Å². The van der Waals surface area contributed by atoms with E-state index in [0.717, 1.165) is 34.6 Å². The maximum Gasteiger partial charge on any atom is 0.323 e. The molecule has 0 saturated heterocycles. The molecule has 0 aliphatic carbocycles. The fourth-order valence-electron chi connectivity index (χ4n) is 3.56. The normalized spacial score (nSPS) is 16.2. The number of rotatable bonds is 2. The smallest absolute Gasteiger partial charge is 0.323 e. The predicted octanol–water partition coefficient (Wildman–Crippen LogP) is 3.60. The molecule has 3 aromatic rings. The number of imidazole rings is 1. The van der Waals surface area contributed by atoms with Crippen molar-refractivity contribution in [3.05, 3.63) is 77.0 Å². The number of anilines is 1. The molecule has 0 bridgehead atoms. The summed E-state index contributed by atoms with van der Waals surface area (Å²) in [5, 5.41) is 2.95. The number of carbonyl (C=O) groups is 1. The number of urea groups is 1. The Morgan fingerprint density at radius 3 is 2.81 bits per heavy atom. The van der Waals surface area contributed by atoms with E-state index in [2.05, 4.69) is 20.3 Å². The summed E-state index contributed by atoms with van der Waals surface area (Å²) in [5.41, 5.74) is 5.00. The van der Waals surface area contributed by atoms with Gasteiger partial charge in [0.15, 0.2) is 0 Å². The molecular formula is C20H21N5O. The molecule has 4 rings (SSSR count). The van der Waals surface area contributed by atoms with Gasteiger partial charge in [0.1, 0.15) is 11.9 Å². The van der Waals surface area contributed by atoms with Crippen LogP contribution in [0.25, 0.3) is 0 Å². The zero-order valence-electron chi connectivity index (χ0n) is 14.9. The van der Waals surface area contributed by atoms with Gasteiger partial charge in [0, 0.05) is 24.4 Å². The van der Waals surface area contributed by atoms with E-state index in [1.54, 1.807) is 6.33 Å². The Balaban J connectivity index is 1.67. The highest BCUT2D eigenvalue weighted by Gasteiger charge is 2.34. The van der Waals surface area contributed by atoms with Crippen LogP contribution in [0.1, 0.15) is 34.3 Å². The second kappa shape index (κ2) is 6.63. The second-order valence-electron chi connectivity index (χ2n) is 6.62. The van der Waals surface area contributed by atoms with Crippen LogP contribution in [0.5, 0.6) is 0 Å². The fourth-order valence-corrected chi connectivity index (χ4v) is 3.56. The van der Waals surface area contributed by atoms with E-state index in [-0.39, 0.29) is 12.1 Å². The summed E-state index contributed by atoms with van der Waals surface area (Å²) in [4.78, 5) is 27.0. The van der Waals surface area contributed by atoms with Crippen molar-refractivity contribution in [1.82, 2.24) is 19.9 Å². The van der Waals surface area contributed by atoms with Gasteiger partial charge in [-0.3, -0.25) is 5.32 Å². The van der Waals surface area contributed by atoms with Gasteiger partial charge in [0.25, 0.3) is 0 Å². The van der Waals surface area contributed by atoms with Gasteiger partial charge in [0.05, 0.1) is 12.0 Å². The molecule has 6 heteroatoms. The minimum atomic E-state index is -0.211. The Morgan fingerprint density at radius 1 is 1.23 bits per heavy atom. The first kappa shape index (κ1) is 16.3. The molecule has 1 atom stereocenters. The van der Waals surface area contributed by atoms with Gasteiger partial charge < -0.3 is 9.88 Å². The molecule has 6 nitrogen and oxygen atoms in total. The number of nitrogens with zero attached hydrogens (tertiary/aromatic N) is 3. The third-order valence-corrected chi connectivity index (χ3v) is 4.63. The number of aromatic amines is 1. The van der Waals surface area contributed by atoms with Crippen molar-refractivity contribution in [2.45, 2.75) is 26.3 Å². The molecular weight excluding hydrogens is 326 g/mol. The maximum atomic E-state index is 13.0. The average Bonchev–Trinajstić information content (AvgIpc) is 3.09. The summed E-state index contributed by atoms with van der Waals surface area (Å²) >= 11 is 0. The van der Waals surface area contributed by atoms with E-state index in [0.29, 0.717) is 12.4 Å². The maximum absolute atomic E-state index is 13.0. The molecule has 0 spiro atoms. The van der Waals surface area contributed by atoms with Crippen molar-refractivity contribution >= 4 is 11.8 Å².